The monoisotopic (exact) mass is 371 g/mol. The molecule has 0 fully saturated rings. The van der Waals surface area contributed by atoms with Gasteiger partial charge in [-0.2, -0.15) is 0 Å². The normalized spacial score (nSPS) is 11.7. The largest absolute Gasteiger partial charge is 0.280 e. The molecule has 2 aromatic carbocycles. The maximum atomic E-state index is 13.5. The van der Waals surface area contributed by atoms with Crippen LogP contribution in [0, 0.1) is 5.82 Å². The van der Waals surface area contributed by atoms with Crippen molar-refractivity contribution in [2.75, 3.05) is 4.72 Å². The summed E-state index contributed by atoms with van der Waals surface area (Å²) in [5.74, 6) is -0.326. The summed E-state index contributed by atoms with van der Waals surface area (Å²) in [6.07, 6.45) is 0. The average molecular weight is 372 g/mol. The number of halogens is 2. The van der Waals surface area contributed by atoms with E-state index in [1.165, 1.54) is 12.1 Å². The third kappa shape index (κ3) is 3.83. The van der Waals surface area contributed by atoms with Crippen LogP contribution in [0.25, 0.3) is 0 Å². The van der Waals surface area contributed by atoms with Crippen molar-refractivity contribution in [3.8, 4) is 0 Å². The van der Waals surface area contributed by atoms with Crippen molar-refractivity contribution < 1.29 is 12.8 Å². The summed E-state index contributed by atoms with van der Waals surface area (Å²) in [6, 6.07) is 10.9. The van der Waals surface area contributed by atoms with Gasteiger partial charge in [0.2, 0.25) is 0 Å². The smallest absolute Gasteiger partial charge is 0.261 e. The second-order valence-corrected chi connectivity index (χ2v) is 7.50. The molecule has 0 radical (unpaired) electrons. The zero-order valence-electron chi connectivity index (χ0n) is 11.6. The lowest BCUT2D eigenvalue weighted by atomic mass is 10.0. The lowest BCUT2D eigenvalue weighted by Gasteiger charge is -2.11. The second kappa shape index (κ2) is 6.15. The molecule has 0 aliphatic heterocycles. The van der Waals surface area contributed by atoms with E-state index in [0.717, 1.165) is 11.6 Å². The van der Waals surface area contributed by atoms with Crippen LogP contribution in [0.15, 0.2) is 51.8 Å². The number of rotatable bonds is 4. The number of nitrogens with one attached hydrogen (secondary N) is 1. The molecule has 3 nitrogen and oxygen atoms in total. The van der Waals surface area contributed by atoms with Gasteiger partial charge >= 0.3 is 0 Å². The minimum Gasteiger partial charge on any atom is -0.280 e. The van der Waals surface area contributed by atoms with E-state index in [1.807, 2.05) is 19.9 Å². The first kappa shape index (κ1) is 16.0. The van der Waals surface area contributed by atoms with Gasteiger partial charge in [0.05, 0.1) is 9.37 Å². The summed E-state index contributed by atoms with van der Waals surface area (Å²) in [5.41, 5.74) is 1.49. The van der Waals surface area contributed by atoms with Crippen LogP contribution in [0.4, 0.5) is 10.1 Å². The summed E-state index contributed by atoms with van der Waals surface area (Å²) in [7, 11) is -3.81. The van der Waals surface area contributed by atoms with Crippen LogP contribution in [0.3, 0.4) is 0 Å². The summed E-state index contributed by atoms with van der Waals surface area (Å²) >= 11 is 3.00. The molecular formula is C15H15BrFNO2S. The summed E-state index contributed by atoms with van der Waals surface area (Å²) < 4.78 is 40.7. The lowest BCUT2D eigenvalue weighted by molar-refractivity contribution is 0.593. The van der Waals surface area contributed by atoms with Crippen LogP contribution in [-0.4, -0.2) is 8.42 Å². The Morgan fingerprint density at radius 1 is 1.14 bits per heavy atom. The molecule has 0 amide bonds. The first-order valence-electron chi connectivity index (χ1n) is 6.37. The predicted molar refractivity (Wildman–Crippen MR) is 85.4 cm³/mol. The number of sulfonamides is 1. The predicted octanol–water partition coefficient (Wildman–Crippen LogP) is 4.51. The molecule has 0 spiro atoms. The Morgan fingerprint density at radius 3 is 2.48 bits per heavy atom. The molecule has 1 N–H and O–H groups in total. The van der Waals surface area contributed by atoms with E-state index in [4.69, 9.17) is 0 Å². The van der Waals surface area contributed by atoms with Gasteiger partial charge in [0, 0.05) is 5.69 Å². The minimum atomic E-state index is -3.81. The molecule has 0 bridgehead atoms. The van der Waals surface area contributed by atoms with E-state index in [2.05, 4.69) is 20.7 Å². The quantitative estimate of drug-likeness (QED) is 0.858. The number of anilines is 1. The van der Waals surface area contributed by atoms with Crippen molar-refractivity contribution in [3.63, 3.8) is 0 Å². The summed E-state index contributed by atoms with van der Waals surface area (Å²) in [5, 5.41) is 0. The van der Waals surface area contributed by atoms with E-state index in [0.29, 0.717) is 11.6 Å². The average Bonchev–Trinajstić information content (AvgIpc) is 2.41. The van der Waals surface area contributed by atoms with Crippen LogP contribution < -0.4 is 4.72 Å². The Morgan fingerprint density at radius 2 is 1.86 bits per heavy atom. The first-order chi connectivity index (χ1) is 9.79. The van der Waals surface area contributed by atoms with Crippen molar-refractivity contribution in [1.82, 2.24) is 0 Å². The van der Waals surface area contributed by atoms with Gasteiger partial charge in [-0.05, 0) is 57.7 Å². The Balaban J connectivity index is 2.33. The van der Waals surface area contributed by atoms with E-state index in [9.17, 15) is 12.8 Å². The van der Waals surface area contributed by atoms with Crippen LogP contribution >= 0.6 is 15.9 Å². The Hall–Kier alpha value is -1.40. The van der Waals surface area contributed by atoms with Gasteiger partial charge in [0.1, 0.15) is 5.82 Å². The van der Waals surface area contributed by atoms with Crippen LogP contribution in [-0.2, 0) is 10.0 Å². The van der Waals surface area contributed by atoms with Gasteiger partial charge in [-0.15, -0.1) is 0 Å². The van der Waals surface area contributed by atoms with Crippen molar-refractivity contribution >= 4 is 31.6 Å². The molecule has 0 atom stereocenters. The lowest BCUT2D eigenvalue weighted by Crippen LogP contribution is -2.13. The summed E-state index contributed by atoms with van der Waals surface area (Å²) in [6.45, 7) is 4.05. The van der Waals surface area contributed by atoms with Crippen LogP contribution in [0.5, 0.6) is 0 Å². The van der Waals surface area contributed by atoms with Crippen LogP contribution in [0.1, 0.15) is 25.3 Å². The second-order valence-electron chi connectivity index (χ2n) is 4.96. The van der Waals surface area contributed by atoms with Gasteiger partial charge in [0.15, 0.2) is 0 Å². The molecule has 2 rings (SSSR count). The maximum Gasteiger partial charge on any atom is 0.261 e. The van der Waals surface area contributed by atoms with E-state index < -0.39 is 15.8 Å². The number of hydrogen-bond donors (Lipinski definition) is 1. The van der Waals surface area contributed by atoms with Gasteiger partial charge in [-0.1, -0.05) is 26.0 Å². The Bertz CT molecular complexity index is 760. The molecule has 0 aromatic heterocycles. The van der Waals surface area contributed by atoms with Gasteiger partial charge in [-0.25, -0.2) is 12.8 Å². The van der Waals surface area contributed by atoms with Crippen molar-refractivity contribution in [1.29, 1.82) is 0 Å². The van der Waals surface area contributed by atoms with Gasteiger partial charge in [0.25, 0.3) is 10.0 Å². The fourth-order valence-corrected chi connectivity index (χ4v) is 3.13. The third-order valence-corrected chi connectivity index (χ3v) is 5.03. The minimum absolute atomic E-state index is 0.113. The molecule has 21 heavy (non-hydrogen) atoms. The van der Waals surface area contributed by atoms with E-state index >= 15 is 0 Å². The van der Waals surface area contributed by atoms with Gasteiger partial charge < -0.3 is 0 Å². The molecular weight excluding hydrogens is 357 g/mol. The number of benzene rings is 2. The zero-order chi connectivity index (χ0) is 15.6. The molecule has 6 heteroatoms. The highest BCUT2D eigenvalue weighted by molar-refractivity contribution is 9.10. The highest BCUT2D eigenvalue weighted by atomic mass is 79.9. The van der Waals surface area contributed by atoms with E-state index in [-0.39, 0.29) is 9.37 Å². The van der Waals surface area contributed by atoms with Crippen molar-refractivity contribution in [2.24, 2.45) is 0 Å². The van der Waals surface area contributed by atoms with Crippen LogP contribution in [0.2, 0.25) is 0 Å². The zero-order valence-corrected chi connectivity index (χ0v) is 14.0. The molecule has 0 saturated carbocycles. The standard InChI is InChI=1S/C15H15BrFNO2S/c1-10(2)11-4-3-5-12(8-11)18-21(19,20)13-6-7-14(16)15(17)9-13/h3-10,18H,1-2H3. The molecule has 2 aromatic rings. The first-order valence-corrected chi connectivity index (χ1v) is 8.65. The summed E-state index contributed by atoms with van der Waals surface area (Å²) in [4.78, 5) is -0.113. The van der Waals surface area contributed by atoms with Crippen molar-refractivity contribution in [3.05, 3.63) is 58.3 Å². The topological polar surface area (TPSA) is 46.2 Å². The Labute approximate surface area is 132 Å². The number of hydrogen-bond acceptors (Lipinski definition) is 2. The fourth-order valence-electron chi connectivity index (χ4n) is 1.82. The maximum absolute atomic E-state index is 13.5. The molecule has 0 saturated heterocycles. The molecule has 0 aliphatic carbocycles. The molecule has 0 unspecified atom stereocenters. The highest BCUT2D eigenvalue weighted by Gasteiger charge is 2.16. The van der Waals surface area contributed by atoms with E-state index in [1.54, 1.807) is 18.2 Å². The molecule has 0 aliphatic rings. The molecule has 0 heterocycles. The van der Waals surface area contributed by atoms with Gasteiger partial charge in [-0.3, -0.25) is 4.72 Å². The Kier molecular flexibility index (Phi) is 4.68. The molecule has 112 valence electrons. The SMILES string of the molecule is CC(C)c1cccc(NS(=O)(=O)c2ccc(Br)c(F)c2)c1. The van der Waals surface area contributed by atoms with Crippen molar-refractivity contribution in [2.45, 2.75) is 24.7 Å². The highest BCUT2D eigenvalue weighted by Crippen LogP contribution is 2.23. The third-order valence-electron chi connectivity index (χ3n) is 3.01. The fraction of sp³-hybridized carbons (Fsp3) is 0.200.